The number of carbonyl (C=O) groups is 1. The monoisotopic (exact) mass is 212 g/mol. The molecular formula is C11H13FO3. The third-order valence-electron chi connectivity index (χ3n) is 2.07. The Morgan fingerprint density at radius 2 is 2.07 bits per heavy atom. The Bertz CT molecular complexity index is 363. The number of aryl methyl sites for hydroxylation is 1. The van der Waals surface area contributed by atoms with E-state index in [-0.39, 0.29) is 5.56 Å². The van der Waals surface area contributed by atoms with Gasteiger partial charge >= 0.3 is 5.97 Å². The molecule has 0 aliphatic carbocycles. The van der Waals surface area contributed by atoms with Crippen LogP contribution in [0.3, 0.4) is 0 Å². The molecule has 0 aliphatic rings. The third-order valence-corrected chi connectivity index (χ3v) is 2.07. The van der Waals surface area contributed by atoms with E-state index in [9.17, 15) is 9.18 Å². The first-order valence-corrected chi connectivity index (χ1v) is 4.46. The third kappa shape index (κ3) is 2.46. The topological polar surface area (TPSA) is 35.5 Å². The van der Waals surface area contributed by atoms with E-state index in [1.54, 1.807) is 18.2 Å². The number of rotatable bonds is 3. The van der Waals surface area contributed by atoms with Gasteiger partial charge in [-0.05, 0) is 19.1 Å². The van der Waals surface area contributed by atoms with Gasteiger partial charge in [0.15, 0.2) is 0 Å². The van der Waals surface area contributed by atoms with Gasteiger partial charge in [0, 0.05) is 5.56 Å². The highest BCUT2D eigenvalue weighted by Gasteiger charge is 2.23. The number of methoxy groups -OCH3 is 2. The zero-order chi connectivity index (χ0) is 11.4. The van der Waals surface area contributed by atoms with Crippen molar-refractivity contribution in [3.63, 3.8) is 0 Å². The molecule has 0 radical (unpaired) electrons. The summed E-state index contributed by atoms with van der Waals surface area (Å²) >= 11 is 0. The standard InChI is InChI=1S/C11H13FO3/c1-7-4-5-9(14-2)8(6-7)10(12)11(13)15-3/h4-6,10H,1-3H3. The molecule has 0 aromatic heterocycles. The van der Waals surface area contributed by atoms with Gasteiger partial charge < -0.3 is 9.47 Å². The second-order valence-corrected chi connectivity index (χ2v) is 3.13. The Morgan fingerprint density at radius 3 is 2.60 bits per heavy atom. The number of carbonyl (C=O) groups excluding carboxylic acids is 1. The minimum absolute atomic E-state index is 0.198. The maximum Gasteiger partial charge on any atom is 0.345 e. The van der Waals surface area contributed by atoms with Crippen LogP contribution in [0.1, 0.15) is 17.3 Å². The van der Waals surface area contributed by atoms with E-state index in [2.05, 4.69) is 4.74 Å². The molecule has 0 heterocycles. The summed E-state index contributed by atoms with van der Waals surface area (Å²) in [6.07, 6.45) is -1.80. The van der Waals surface area contributed by atoms with Gasteiger partial charge in [-0.3, -0.25) is 0 Å². The summed E-state index contributed by atoms with van der Waals surface area (Å²) in [7, 11) is 2.58. The van der Waals surface area contributed by atoms with Crippen LogP contribution < -0.4 is 4.74 Å². The Kier molecular flexibility index (Phi) is 3.66. The molecule has 0 N–H and O–H groups in total. The van der Waals surface area contributed by atoms with Gasteiger partial charge in [-0.1, -0.05) is 11.6 Å². The van der Waals surface area contributed by atoms with E-state index in [0.29, 0.717) is 5.75 Å². The Labute approximate surface area is 87.8 Å². The van der Waals surface area contributed by atoms with E-state index >= 15 is 0 Å². The molecule has 1 aromatic carbocycles. The highest BCUT2D eigenvalue weighted by atomic mass is 19.1. The molecule has 0 aliphatic heterocycles. The number of esters is 1. The maximum atomic E-state index is 13.6. The van der Waals surface area contributed by atoms with E-state index in [0.717, 1.165) is 12.7 Å². The molecule has 4 heteroatoms. The van der Waals surface area contributed by atoms with E-state index < -0.39 is 12.1 Å². The highest BCUT2D eigenvalue weighted by molar-refractivity contribution is 5.77. The predicted octanol–water partition coefficient (Wildman–Crippen LogP) is 2.19. The first kappa shape index (κ1) is 11.5. The second kappa shape index (κ2) is 4.77. The number of ether oxygens (including phenoxy) is 2. The molecule has 1 aromatic rings. The number of halogens is 1. The van der Waals surface area contributed by atoms with Gasteiger partial charge in [-0.25, -0.2) is 9.18 Å². The molecule has 1 atom stereocenters. The van der Waals surface area contributed by atoms with Crippen LogP contribution in [0, 0.1) is 6.92 Å². The molecule has 82 valence electrons. The fraction of sp³-hybridized carbons (Fsp3) is 0.364. The Balaban J connectivity index is 3.10. The summed E-state index contributed by atoms with van der Waals surface area (Å²) in [4.78, 5) is 11.0. The summed E-state index contributed by atoms with van der Waals surface area (Å²) in [6, 6.07) is 4.98. The molecule has 15 heavy (non-hydrogen) atoms. The molecule has 0 saturated carbocycles. The summed E-state index contributed by atoms with van der Waals surface area (Å²) < 4.78 is 22.9. The smallest absolute Gasteiger partial charge is 0.345 e. The molecule has 0 spiro atoms. The van der Waals surface area contributed by atoms with Crippen molar-refractivity contribution in [3.8, 4) is 5.75 Å². The minimum Gasteiger partial charge on any atom is -0.496 e. The Morgan fingerprint density at radius 1 is 1.40 bits per heavy atom. The van der Waals surface area contributed by atoms with Crippen molar-refractivity contribution in [3.05, 3.63) is 29.3 Å². The van der Waals surface area contributed by atoms with Crippen LogP contribution in [0.5, 0.6) is 5.75 Å². The summed E-state index contributed by atoms with van der Waals surface area (Å²) in [5.74, 6) is -0.572. The highest BCUT2D eigenvalue weighted by Crippen LogP contribution is 2.29. The van der Waals surface area contributed by atoms with Crippen molar-refractivity contribution in [2.24, 2.45) is 0 Å². The minimum atomic E-state index is -1.80. The SMILES string of the molecule is COC(=O)C(F)c1cc(C)ccc1OC. The fourth-order valence-corrected chi connectivity index (χ4v) is 1.28. The van der Waals surface area contributed by atoms with Gasteiger partial charge in [0.1, 0.15) is 5.75 Å². The van der Waals surface area contributed by atoms with Crippen molar-refractivity contribution >= 4 is 5.97 Å². The van der Waals surface area contributed by atoms with Crippen LogP contribution in [-0.2, 0) is 9.53 Å². The summed E-state index contributed by atoms with van der Waals surface area (Å²) in [5.41, 5.74) is 1.06. The Hall–Kier alpha value is -1.58. The molecule has 0 amide bonds. The van der Waals surface area contributed by atoms with E-state index in [1.807, 2.05) is 6.92 Å². The molecule has 0 saturated heterocycles. The van der Waals surface area contributed by atoms with Crippen molar-refractivity contribution < 1.29 is 18.7 Å². The average molecular weight is 212 g/mol. The van der Waals surface area contributed by atoms with Crippen molar-refractivity contribution in [2.45, 2.75) is 13.1 Å². The lowest BCUT2D eigenvalue weighted by Crippen LogP contribution is -2.10. The van der Waals surface area contributed by atoms with Crippen LogP contribution in [-0.4, -0.2) is 20.2 Å². The molecule has 1 rings (SSSR count). The number of alkyl halides is 1. The van der Waals surface area contributed by atoms with Gasteiger partial charge in [0.2, 0.25) is 6.17 Å². The molecular weight excluding hydrogens is 199 g/mol. The summed E-state index contributed by atoms with van der Waals surface area (Å²) in [6.45, 7) is 1.81. The zero-order valence-corrected chi connectivity index (χ0v) is 8.91. The largest absolute Gasteiger partial charge is 0.496 e. The van der Waals surface area contributed by atoms with Crippen LogP contribution in [0.4, 0.5) is 4.39 Å². The first-order valence-electron chi connectivity index (χ1n) is 4.46. The predicted molar refractivity (Wildman–Crippen MR) is 53.6 cm³/mol. The second-order valence-electron chi connectivity index (χ2n) is 3.13. The number of benzene rings is 1. The lowest BCUT2D eigenvalue weighted by atomic mass is 10.1. The quantitative estimate of drug-likeness (QED) is 0.720. The van der Waals surface area contributed by atoms with Crippen LogP contribution in [0.15, 0.2) is 18.2 Å². The van der Waals surface area contributed by atoms with Gasteiger partial charge in [-0.2, -0.15) is 0 Å². The molecule has 1 unspecified atom stereocenters. The fourth-order valence-electron chi connectivity index (χ4n) is 1.28. The molecule has 3 nitrogen and oxygen atoms in total. The summed E-state index contributed by atoms with van der Waals surface area (Å²) in [5, 5.41) is 0. The van der Waals surface area contributed by atoms with Gasteiger partial charge in [-0.15, -0.1) is 0 Å². The average Bonchev–Trinajstić information content (AvgIpc) is 2.27. The lowest BCUT2D eigenvalue weighted by Gasteiger charge is -2.11. The van der Waals surface area contributed by atoms with E-state index in [1.165, 1.54) is 7.11 Å². The lowest BCUT2D eigenvalue weighted by molar-refractivity contribution is -0.146. The van der Waals surface area contributed by atoms with Crippen molar-refractivity contribution in [1.29, 1.82) is 0 Å². The van der Waals surface area contributed by atoms with Crippen LogP contribution >= 0.6 is 0 Å². The van der Waals surface area contributed by atoms with Gasteiger partial charge in [0.05, 0.1) is 14.2 Å². The molecule has 0 bridgehead atoms. The van der Waals surface area contributed by atoms with Gasteiger partial charge in [0.25, 0.3) is 0 Å². The zero-order valence-electron chi connectivity index (χ0n) is 8.91. The van der Waals surface area contributed by atoms with E-state index in [4.69, 9.17) is 4.74 Å². The van der Waals surface area contributed by atoms with Crippen LogP contribution in [0.25, 0.3) is 0 Å². The van der Waals surface area contributed by atoms with Crippen molar-refractivity contribution in [1.82, 2.24) is 0 Å². The normalized spacial score (nSPS) is 12.0. The van der Waals surface area contributed by atoms with Crippen molar-refractivity contribution in [2.75, 3.05) is 14.2 Å². The number of hydrogen-bond donors (Lipinski definition) is 0. The van der Waals surface area contributed by atoms with Crippen LogP contribution in [0.2, 0.25) is 0 Å². The molecule has 0 fully saturated rings. The number of hydrogen-bond acceptors (Lipinski definition) is 3. The first-order chi connectivity index (χ1) is 7.10. The maximum absolute atomic E-state index is 13.6.